The molecule has 21 heavy (non-hydrogen) atoms. The van der Waals surface area contributed by atoms with E-state index in [1.807, 2.05) is 12.1 Å². The molecule has 114 valence electrons. The molecule has 0 saturated carbocycles. The lowest BCUT2D eigenvalue weighted by atomic mass is 10.0. The molecule has 1 fully saturated rings. The number of hydrogen-bond donors (Lipinski definition) is 1. The molecule has 1 saturated heterocycles. The molecule has 1 aliphatic rings. The number of hydrogen-bond acceptors (Lipinski definition) is 3. The fraction of sp³-hybridized carbons (Fsp3) is 0.588. The topological polar surface area (TPSA) is 47.1 Å². The van der Waals surface area contributed by atoms with Crippen molar-refractivity contribution >= 4 is 16.7 Å². The van der Waals surface area contributed by atoms with Gasteiger partial charge in [-0.15, -0.1) is 0 Å². The van der Waals surface area contributed by atoms with E-state index in [1.165, 1.54) is 37.1 Å². The number of nitrogens with two attached hydrogens (primary N) is 1. The number of nitrogen functional groups attached to an aromatic ring is 1. The summed E-state index contributed by atoms with van der Waals surface area (Å²) in [7, 11) is 2.25. The quantitative estimate of drug-likeness (QED) is 0.879. The van der Waals surface area contributed by atoms with E-state index in [-0.39, 0.29) is 0 Å². The Bertz CT molecular complexity index is 617. The van der Waals surface area contributed by atoms with Crippen LogP contribution in [0.1, 0.15) is 38.4 Å². The lowest BCUT2D eigenvalue weighted by Gasteiger charge is -2.33. The molecule has 2 heterocycles. The second-order valence-electron chi connectivity index (χ2n) is 6.27. The number of benzene rings is 1. The molecule has 0 spiro atoms. The molecular formula is C17H26N4. The number of fused-ring (bicyclic) bond motifs is 1. The maximum absolute atomic E-state index is 5.91. The van der Waals surface area contributed by atoms with Crippen LogP contribution in [-0.4, -0.2) is 34.1 Å². The van der Waals surface area contributed by atoms with Crippen LogP contribution in [0.25, 0.3) is 11.0 Å². The van der Waals surface area contributed by atoms with Crippen LogP contribution < -0.4 is 5.73 Å². The molecule has 3 rings (SSSR count). The maximum Gasteiger partial charge on any atom is 0.109 e. The molecule has 0 radical (unpaired) electrons. The Morgan fingerprint density at radius 2 is 2.19 bits per heavy atom. The van der Waals surface area contributed by atoms with Crippen molar-refractivity contribution in [1.82, 2.24) is 14.5 Å². The van der Waals surface area contributed by atoms with Gasteiger partial charge in [0.25, 0.3) is 0 Å². The Balaban J connectivity index is 1.96. The first-order valence-electron chi connectivity index (χ1n) is 8.14. The second-order valence-corrected chi connectivity index (χ2v) is 6.27. The van der Waals surface area contributed by atoms with Crippen LogP contribution >= 0.6 is 0 Å². The molecule has 0 amide bonds. The largest absolute Gasteiger partial charge is 0.399 e. The summed E-state index contributed by atoms with van der Waals surface area (Å²) >= 11 is 0. The highest BCUT2D eigenvalue weighted by atomic mass is 15.2. The minimum absolute atomic E-state index is 0.629. The zero-order chi connectivity index (χ0) is 14.8. The summed E-state index contributed by atoms with van der Waals surface area (Å²) in [5.41, 5.74) is 8.97. The Morgan fingerprint density at radius 1 is 1.33 bits per heavy atom. The fourth-order valence-electron chi connectivity index (χ4n) is 3.40. The number of piperidine rings is 1. The van der Waals surface area contributed by atoms with Crippen molar-refractivity contribution in [2.75, 3.05) is 19.3 Å². The lowest BCUT2D eigenvalue weighted by Crippen LogP contribution is -2.39. The number of rotatable bonds is 4. The van der Waals surface area contributed by atoms with Crippen molar-refractivity contribution in [3.63, 3.8) is 0 Å². The molecule has 1 aromatic carbocycles. The van der Waals surface area contributed by atoms with Crippen LogP contribution in [0.3, 0.4) is 0 Å². The molecule has 2 aromatic rings. The van der Waals surface area contributed by atoms with Crippen molar-refractivity contribution < 1.29 is 0 Å². The number of aryl methyl sites for hydroxylation is 1. The van der Waals surface area contributed by atoms with E-state index in [0.717, 1.165) is 30.6 Å². The molecule has 0 aliphatic carbocycles. The first-order chi connectivity index (χ1) is 10.2. The average Bonchev–Trinajstić information content (AvgIpc) is 2.79. The zero-order valence-electron chi connectivity index (χ0n) is 13.2. The van der Waals surface area contributed by atoms with Gasteiger partial charge in [-0.3, -0.25) is 0 Å². The van der Waals surface area contributed by atoms with Crippen LogP contribution in [0, 0.1) is 0 Å². The SMILES string of the molecule is CCCc1nc2cc(N)ccc2n1CC1CCCCN1C. The highest BCUT2D eigenvalue weighted by molar-refractivity contribution is 5.79. The number of likely N-dealkylation sites (N-methyl/N-ethyl adjacent to an activating group) is 1. The maximum atomic E-state index is 5.91. The predicted octanol–water partition coefficient (Wildman–Crippen LogP) is 3.06. The van der Waals surface area contributed by atoms with E-state index < -0.39 is 0 Å². The molecule has 4 heteroatoms. The van der Waals surface area contributed by atoms with Crippen LogP contribution in [0.15, 0.2) is 18.2 Å². The number of likely N-dealkylation sites (tertiary alicyclic amines) is 1. The highest BCUT2D eigenvalue weighted by Gasteiger charge is 2.21. The van der Waals surface area contributed by atoms with E-state index in [1.54, 1.807) is 0 Å². The van der Waals surface area contributed by atoms with E-state index >= 15 is 0 Å². The third kappa shape index (κ3) is 2.91. The molecule has 1 aromatic heterocycles. The van der Waals surface area contributed by atoms with Crippen molar-refractivity contribution in [3.8, 4) is 0 Å². The summed E-state index contributed by atoms with van der Waals surface area (Å²) in [6.45, 7) is 4.48. The van der Waals surface area contributed by atoms with Crippen LogP contribution in [0.5, 0.6) is 0 Å². The van der Waals surface area contributed by atoms with Gasteiger partial charge in [-0.05, 0) is 51.1 Å². The summed E-state index contributed by atoms with van der Waals surface area (Å²) in [6.07, 6.45) is 6.12. The molecule has 1 atom stereocenters. The molecule has 1 aliphatic heterocycles. The van der Waals surface area contributed by atoms with Crippen molar-refractivity contribution in [2.45, 2.75) is 51.6 Å². The van der Waals surface area contributed by atoms with Gasteiger partial charge in [0.1, 0.15) is 5.82 Å². The Hall–Kier alpha value is -1.55. The van der Waals surface area contributed by atoms with Crippen LogP contribution in [0.4, 0.5) is 5.69 Å². The molecule has 0 bridgehead atoms. The summed E-state index contributed by atoms with van der Waals surface area (Å²) < 4.78 is 2.42. The predicted molar refractivity (Wildman–Crippen MR) is 88.4 cm³/mol. The van der Waals surface area contributed by atoms with Crippen LogP contribution in [-0.2, 0) is 13.0 Å². The smallest absolute Gasteiger partial charge is 0.109 e. The Labute approximate surface area is 126 Å². The Kier molecular flexibility index (Phi) is 4.15. The number of aromatic nitrogens is 2. The molecule has 1 unspecified atom stereocenters. The summed E-state index contributed by atoms with van der Waals surface area (Å²) in [6, 6.07) is 6.74. The number of imidazole rings is 1. The van der Waals surface area contributed by atoms with Gasteiger partial charge in [-0.2, -0.15) is 0 Å². The minimum atomic E-state index is 0.629. The van der Waals surface area contributed by atoms with Crippen LogP contribution in [0.2, 0.25) is 0 Å². The highest BCUT2D eigenvalue weighted by Crippen LogP contribution is 2.23. The first kappa shape index (κ1) is 14.4. The average molecular weight is 286 g/mol. The van der Waals surface area contributed by atoms with Crippen molar-refractivity contribution in [1.29, 1.82) is 0 Å². The second kappa shape index (κ2) is 6.06. The van der Waals surface area contributed by atoms with Gasteiger partial charge in [0, 0.05) is 24.7 Å². The van der Waals surface area contributed by atoms with E-state index in [2.05, 4.69) is 29.5 Å². The van der Waals surface area contributed by atoms with E-state index in [4.69, 9.17) is 10.7 Å². The van der Waals surface area contributed by atoms with Gasteiger partial charge < -0.3 is 15.2 Å². The number of nitrogens with zero attached hydrogens (tertiary/aromatic N) is 3. The lowest BCUT2D eigenvalue weighted by molar-refractivity contribution is 0.167. The third-order valence-corrected chi connectivity index (χ3v) is 4.64. The van der Waals surface area contributed by atoms with Gasteiger partial charge >= 0.3 is 0 Å². The van der Waals surface area contributed by atoms with Gasteiger partial charge in [-0.1, -0.05) is 13.3 Å². The monoisotopic (exact) mass is 286 g/mol. The van der Waals surface area contributed by atoms with Crippen molar-refractivity contribution in [2.24, 2.45) is 0 Å². The summed E-state index contributed by atoms with van der Waals surface area (Å²) in [4.78, 5) is 7.32. The van der Waals surface area contributed by atoms with Gasteiger partial charge in [0.2, 0.25) is 0 Å². The van der Waals surface area contributed by atoms with E-state index in [9.17, 15) is 0 Å². The molecule has 4 nitrogen and oxygen atoms in total. The normalized spacial score (nSPS) is 20.2. The third-order valence-electron chi connectivity index (χ3n) is 4.64. The van der Waals surface area contributed by atoms with Gasteiger partial charge in [0.05, 0.1) is 11.0 Å². The fourth-order valence-corrected chi connectivity index (χ4v) is 3.40. The van der Waals surface area contributed by atoms with Gasteiger partial charge in [0.15, 0.2) is 0 Å². The van der Waals surface area contributed by atoms with Gasteiger partial charge in [-0.25, -0.2) is 4.98 Å². The zero-order valence-corrected chi connectivity index (χ0v) is 13.2. The first-order valence-corrected chi connectivity index (χ1v) is 8.14. The summed E-state index contributed by atoms with van der Waals surface area (Å²) in [5, 5.41) is 0. The summed E-state index contributed by atoms with van der Waals surface area (Å²) in [5.74, 6) is 1.21. The minimum Gasteiger partial charge on any atom is -0.399 e. The molecular weight excluding hydrogens is 260 g/mol. The Morgan fingerprint density at radius 3 is 2.95 bits per heavy atom. The standard InChI is InChI=1S/C17H26N4/c1-3-6-17-19-15-11-13(18)8-9-16(15)21(17)12-14-7-4-5-10-20(14)2/h8-9,11,14H,3-7,10,12,18H2,1-2H3. The number of anilines is 1. The van der Waals surface area contributed by atoms with Crippen molar-refractivity contribution in [3.05, 3.63) is 24.0 Å². The molecule has 2 N–H and O–H groups in total. The van der Waals surface area contributed by atoms with E-state index in [0.29, 0.717) is 6.04 Å².